The number of furan rings is 1. The number of carboxylic acid groups (broad SMARTS) is 1. The minimum atomic E-state index is -0.814. The van der Waals surface area contributed by atoms with Gasteiger partial charge >= 0.3 is 5.97 Å². The van der Waals surface area contributed by atoms with Crippen molar-refractivity contribution in [3.63, 3.8) is 0 Å². The van der Waals surface area contributed by atoms with E-state index in [1.807, 2.05) is 18.7 Å². The Kier molecular flexibility index (Phi) is 4.44. The average molecular weight is 280 g/mol. The summed E-state index contributed by atoms with van der Waals surface area (Å²) in [5, 5.41) is 11.7. The number of hydrogen-bond acceptors (Lipinski definition) is 4. The molecule has 1 heterocycles. The minimum absolute atomic E-state index is 0.0547. The fourth-order valence-corrected chi connectivity index (χ4v) is 2.53. The summed E-state index contributed by atoms with van der Waals surface area (Å²) in [4.78, 5) is 24.6. The molecule has 0 spiro atoms. The Hall–Kier alpha value is -1.82. The van der Waals surface area contributed by atoms with E-state index in [1.54, 1.807) is 6.07 Å². The van der Waals surface area contributed by atoms with Crippen molar-refractivity contribution in [3.05, 3.63) is 23.7 Å². The molecule has 2 N–H and O–H groups in total. The van der Waals surface area contributed by atoms with Gasteiger partial charge in [-0.1, -0.05) is 6.92 Å². The summed E-state index contributed by atoms with van der Waals surface area (Å²) < 4.78 is 5.14. The van der Waals surface area contributed by atoms with Crippen LogP contribution in [0.5, 0.6) is 0 Å². The summed E-state index contributed by atoms with van der Waals surface area (Å²) >= 11 is 0. The van der Waals surface area contributed by atoms with E-state index in [-0.39, 0.29) is 24.5 Å². The number of carbonyl (C=O) groups excluding carboxylic acids is 1. The molecule has 1 aliphatic carbocycles. The molecule has 20 heavy (non-hydrogen) atoms. The zero-order chi connectivity index (χ0) is 14.7. The highest BCUT2D eigenvalue weighted by Crippen LogP contribution is 2.26. The normalized spacial score (nSPS) is 21.6. The Labute approximate surface area is 117 Å². The van der Waals surface area contributed by atoms with Crippen molar-refractivity contribution < 1.29 is 19.1 Å². The van der Waals surface area contributed by atoms with Gasteiger partial charge in [-0.15, -0.1) is 0 Å². The highest BCUT2D eigenvalue weighted by atomic mass is 16.4. The molecule has 2 rings (SSSR count). The van der Waals surface area contributed by atoms with E-state index in [9.17, 15) is 9.59 Å². The highest BCUT2D eigenvalue weighted by molar-refractivity contribution is 5.93. The van der Waals surface area contributed by atoms with E-state index in [2.05, 4.69) is 5.32 Å². The summed E-state index contributed by atoms with van der Waals surface area (Å²) in [6.45, 7) is 4.53. The van der Waals surface area contributed by atoms with Crippen LogP contribution in [-0.2, 0) is 4.79 Å². The molecular formula is C14H20N2O4. The number of likely N-dealkylation sites (N-methyl/N-ethyl adjacent to an activating group) is 1. The van der Waals surface area contributed by atoms with E-state index in [0.717, 1.165) is 18.4 Å². The van der Waals surface area contributed by atoms with Crippen LogP contribution in [0.1, 0.15) is 35.9 Å². The molecule has 6 nitrogen and oxygen atoms in total. The molecule has 0 atom stereocenters. The minimum Gasteiger partial charge on any atom is -0.480 e. The predicted octanol–water partition coefficient (Wildman–Crippen LogP) is 1.26. The first kappa shape index (κ1) is 14.6. The van der Waals surface area contributed by atoms with Gasteiger partial charge in [0.1, 0.15) is 0 Å². The van der Waals surface area contributed by atoms with Gasteiger partial charge in [0.05, 0.1) is 12.8 Å². The van der Waals surface area contributed by atoms with Crippen molar-refractivity contribution in [1.82, 2.24) is 10.2 Å². The lowest BCUT2D eigenvalue weighted by Crippen LogP contribution is -2.54. The molecule has 1 amide bonds. The largest absolute Gasteiger partial charge is 0.480 e. The molecule has 1 aromatic heterocycles. The number of aryl methyl sites for hydroxylation is 1. The maximum absolute atomic E-state index is 11.9. The van der Waals surface area contributed by atoms with Crippen molar-refractivity contribution in [3.8, 4) is 0 Å². The fourth-order valence-electron chi connectivity index (χ4n) is 2.53. The molecule has 1 aromatic rings. The van der Waals surface area contributed by atoms with Crippen LogP contribution < -0.4 is 5.32 Å². The van der Waals surface area contributed by atoms with Gasteiger partial charge in [-0.2, -0.15) is 0 Å². The van der Waals surface area contributed by atoms with Crippen LogP contribution in [0.15, 0.2) is 16.7 Å². The number of aliphatic carboxylic acids is 1. The van der Waals surface area contributed by atoms with Crippen molar-refractivity contribution in [2.75, 3.05) is 13.1 Å². The van der Waals surface area contributed by atoms with Crippen molar-refractivity contribution >= 4 is 11.9 Å². The Morgan fingerprint density at radius 2 is 2.20 bits per heavy atom. The third kappa shape index (κ3) is 3.19. The van der Waals surface area contributed by atoms with Gasteiger partial charge in [-0.25, -0.2) is 0 Å². The third-order valence-corrected chi connectivity index (χ3v) is 3.78. The second-order valence-corrected chi connectivity index (χ2v) is 5.19. The predicted molar refractivity (Wildman–Crippen MR) is 72.6 cm³/mol. The Balaban J connectivity index is 1.80. The fraction of sp³-hybridized carbons (Fsp3) is 0.571. The molecule has 110 valence electrons. The van der Waals surface area contributed by atoms with Gasteiger partial charge in [0.2, 0.25) is 0 Å². The van der Waals surface area contributed by atoms with Gasteiger partial charge in [-0.05, 0) is 32.4 Å². The van der Waals surface area contributed by atoms with Crippen molar-refractivity contribution in [1.29, 1.82) is 0 Å². The SMILES string of the molecule is CCN(CC(=O)O)C1CC(NC(=O)c2occc2C)C1. The van der Waals surface area contributed by atoms with Gasteiger partial charge < -0.3 is 14.8 Å². The highest BCUT2D eigenvalue weighted by Gasteiger charge is 2.35. The van der Waals surface area contributed by atoms with Crippen LogP contribution in [0.25, 0.3) is 0 Å². The van der Waals surface area contributed by atoms with E-state index in [1.165, 1.54) is 6.26 Å². The average Bonchev–Trinajstić information content (AvgIpc) is 2.76. The lowest BCUT2D eigenvalue weighted by Gasteiger charge is -2.42. The summed E-state index contributed by atoms with van der Waals surface area (Å²) in [5.41, 5.74) is 0.819. The summed E-state index contributed by atoms with van der Waals surface area (Å²) in [6.07, 6.45) is 3.07. The number of nitrogens with zero attached hydrogens (tertiary/aromatic N) is 1. The first-order valence-corrected chi connectivity index (χ1v) is 6.82. The molecule has 0 aromatic carbocycles. The molecular weight excluding hydrogens is 260 g/mol. The molecule has 1 fully saturated rings. The number of nitrogens with one attached hydrogen (secondary N) is 1. The molecule has 0 bridgehead atoms. The Morgan fingerprint density at radius 3 is 2.70 bits per heavy atom. The second kappa shape index (κ2) is 6.09. The zero-order valence-electron chi connectivity index (χ0n) is 11.8. The number of carboxylic acids is 1. The van der Waals surface area contributed by atoms with Crippen molar-refractivity contribution in [2.24, 2.45) is 0 Å². The topological polar surface area (TPSA) is 82.8 Å². The number of carbonyl (C=O) groups is 2. The van der Waals surface area contributed by atoms with Gasteiger partial charge in [0.25, 0.3) is 5.91 Å². The molecule has 0 aliphatic heterocycles. The van der Waals surface area contributed by atoms with E-state index < -0.39 is 5.97 Å². The van der Waals surface area contributed by atoms with Crippen LogP contribution in [0.3, 0.4) is 0 Å². The first-order valence-electron chi connectivity index (χ1n) is 6.82. The van der Waals surface area contributed by atoms with Crippen LogP contribution in [0.4, 0.5) is 0 Å². The molecule has 0 radical (unpaired) electrons. The molecule has 0 saturated heterocycles. The lowest BCUT2D eigenvalue weighted by molar-refractivity contribution is -0.139. The Bertz CT molecular complexity index is 491. The smallest absolute Gasteiger partial charge is 0.317 e. The van der Waals surface area contributed by atoms with E-state index in [0.29, 0.717) is 12.3 Å². The van der Waals surface area contributed by atoms with E-state index in [4.69, 9.17) is 9.52 Å². The molecule has 6 heteroatoms. The third-order valence-electron chi connectivity index (χ3n) is 3.78. The quantitative estimate of drug-likeness (QED) is 0.819. The first-order chi connectivity index (χ1) is 9.51. The summed E-state index contributed by atoms with van der Waals surface area (Å²) in [5.74, 6) is -0.658. The second-order valence-electron chi connectivity index (χ2n) is 5.19. The van der Waals surface area contributed by atoms with Gasteiger partial charge in [-0.3, -0.25) is 14.5 Å². The van der Waals surface area contributed by atoms with E-state index >= 15 is 0 Å². The molecule has 1 saturated carbocycles. The monoisotopic (exact) mass is 280 g/mol. The van der Waals surface area contributed by atoms with Crippen LogP contribution in [-0.4, -0.2) is 47.1 Å². The molecule has 1 aliphatic rings. The van der Waals surface area contributed by atoms with Crippen LogP contribution in [0, 0.1) is 6.92 Å². The van der Waals surface area contributed by atoms with Crippen LogP contribution in [0.2, 0.25) is 0 Å². The maximum Gasteiger partial charge on any atom is 0.317 e. The number of rotatable bonds is 6. The zero-order valence-corrected chi connectivity index (χ0v) is 11.8. The van der Waals surface area contributed by atoms with Crippen molar-refractivity contribution in [2.45, 2.75) is 38.8 Å². The summed E-state index contributed by atoms with van der Waals surface area (Å²) in [6, 6.07) is 2.09. The standard InChI is InChI=1S/C14H20N2O4/c1-3-16(8-12(17)18)11-6-10(7-11)15-14(19)13-9(2)4-5-20-13/h4-5,10-11H,3,6-8H2,1-2H3,(H,15,19)(H,17,18). The number of hydrogen-bond donors (Lipinski definition) is 2. The maximum atomic E-state index is 11.9. The van der Waals surface area contributed by atoms with Gasteiger partial charge in [0.15, 0.2) is 5.76 Å². The summed E-state index contributed by atoms with van der Waals surface area (Å²) in [7, 11) is 0. The lowest BCUT2D eigenvalue weighted by atomic mass is 9.85. The number of amides is 1. The Morgan fingerprint density at radius 1 is 1.50 bits per heavy atom. The van der Waals surface area contributed by atoms with Crippen LogP contribution >= 0.6 is 0 Å². The van der Waals surface area contributed by atoms with Gasteiger partial charge in [0, 0.05) is 17.6 Å². The molecule has 0 unspecified atom stereocenters.